The van der Waals surface area contributed by atoms with Crippen molar-refractivity contribution in [2.24, 2.45) is 0 Å². The first-order valence-corrected chi connectivity index (χ1v) is 6.39. The quantitative estimate of drug-likeness (QED) is 0.711. The third-order valence-electron chi connectivity index (χ3n) is 4.12. The smallest absolute Gasteiger partial charge is 0.209 e. The lowest BCUT2D eigenvalue weighted by Crippen LogP contribution is -2.44. The van der Waals surface area contributed by atoms with Crippen LogP contribution >= 0.6 is 0 Å². The summed E-state index contributed by atoms with van der Waals surface area (Å²) in [4.78, 5) is 12.5. The summed E-state index contributed by atoms with van der Waals surface area (Å²) in [6, 6.07) is 1.31. The Kier molecular flexibility index (Phi) is 2.64. The molecule has 90 valence electrons. The minimum Gasteiger partial charge on any atom is -0.373 e. The maximum absolute atomic E-state index is 10.7. The summed E-state index contributed by atoms with van der Waals surface area (Å²) in [5.41, 5.74) is 0.0755. The molecule has 2 saturated heterocycles. The molecule has 1 N–H and O–H groups in total. The van der Waals surface area contributed by atoms with E-state index in [1.165, 1.54) is 12.8 Å². The van der Waals surface area contributed by atoms with Gasteiger partial charge in [-0.15, -0.1) is 0 Å². The highest BCUT2D eigenvalue weighted by Crippen LogP contribution is 2.36. The Morgan fingerprint density at radius 1 is 1.25 bits per heavy atom. The normalized spacial score (nSPS) is 33.2. The van der Waals surface area contributed by atoms with Gasteiger partial charge in [-0.25, -0.2) is 0 Å². The van der Waals surface area contributed by atoms with Crippen molar-refractivity contribution in [1.29, 1.82) is 0 Å². The van der Waals surface area contributed by atoms with Gasteiger partial charge in [0.15, 0.2) is 0 Å². The van der Waals surface area contributed by atoms with Gasteiger partial charge in [0.05, 0.1) is 12.2 Å². The van der Waals surface area contributed by atoms with Gasteiger partial charge in [0.25, 0.3) is 0 Å². The summed E-state index contributed by atoms with van der Waals surface area (Å²) in [5, 5.41) is 3.64. The predicted molar refractivity (Wildman–Crippen MR) is 60.1 cm³/mol. The first kappa shape index (κ1) is 10.5. The lowest BCUT2D eigenvalue weighted by molar-refractivity contribution is -0.122. The molecular weight excluding hydrogens is 204 g/mol. The highest BCUT2D eigenvalue weighted by Gasteiger charge is 2.43. The van der Waals surface area contributed by atoms with Crippen LogP contribution in [0.1, 0.15) is 32.1 Å². The van der Waals surface area contributed by atoms with Crippen LogP contribution in [0.25, 0.3) is 0 Å². The summed E-state index contributed by atoms with van der Waals surface area (Å²) >= 11 is 0. The highest BCUT2D eigenvalue weighted by atomic mass is 16.5. The van der Waals surface area contributed by atoms with Gasteiger partial charge in [0.2, 0.25) is 6.41 Å². The maximum Gasteiger partial charge on any atom is 0.209 e. The fourth-order valence-corrected chi connectivity index (χ4v) is 2.92. The molecule has 2 heterocycles. The fraction of sp³-hybridized carbons (Fsp3) is 0.917. The van der Waals surface area contributed by atoms with Gasteiger partial charge >= 0.3 is 0 Å². The second-order valence-electron chi connectivity index (χ2n) is 5.48. The van der Waals surface area contributed by atoms with Crippen molar-refractivity contribution in [2.75, 3.05) is 19.7 Å². The maximum atomic E-state index is 10.7. The topological polar surface area (TPSA) is 41.6 Å². The van der Waals surface area contributed by atoms with Crippen LogP contribution < -0.4 is 5.32 Å². The Bertz CT molecular complexity index is 270. The molecular formula is C12H20N2O2. The molecule has 2 aliphatic heterocycles. The van der Waals surface area contributed by atoms with Crippen molar-refractivity contribution in [1.82, 2.24) is 10.2 Å². The van der Waals surface area contributed by atoms with Gasteiger partial charge in [0.1, 0.15) is 0 Å². The molecule has 16 heavy (non-hydrogen) atoms. The van der Waals surface area contributed by atoms with E-state index in [0.29, 0.717) is 6.04 Å². The average molecular weight is 224 g/mol. The van der Waals surface area contributed by atoms with Crippen LogP contribution in [0.2, 0.25) is 0 Å². The minimum absolute atomic E-state index is 0.0755. The molecule has 1 unspecified atom stereocenters. The predicted octanol–water partition coefficient (Wildman–Crippen LogP) is 0.518. The number of hydrogen-bond donors (Lipinski definition) is 1. The van der Waals surface area contributed by atoms with Crippen LogP contribution in [0.3, 0.4) is 0 Å². The molecule has 0 radical (unpaired) electrons. The molecule has 1 saturated carbocycles. The Morgan fingerprint density at radius 2 is 2.00 bits per heavy atom. The monoisotopic (exact) mass is 224 g/mol. The minimum atomic E-state index is 0.0755. The zero-order valence-corrected chi connectivity index (χ0v) is 9.65. The van der Waals surface area contributed by atoms with E-state index in [9.17, 15) is 4.79 Å². The van der Waals surface area contributed by atoms with Crippen molar-refractivity contribution < 1.29 is 9.53 Å². The Morgan fingerprint density at radius 3 is 2.62 bits per heavy atom. The number of carbonyl (C=O) groups is 1. The van der Waals surface area contributed by atoms with Gasteiger partial charge in [-0.3, -0.25) is 4.79 Å². The summed E-state index contributed by atoms with van der Waals surface area (Å²) in [6.45, 7) is 2.58. The second-order valence-corrected chi connectivity index (χ2v) is 5.48. The number of amides is 1. The van der Waals surface area contributed by atoms with E-state index in [1.54, 1.807) is 0 Å². The van der Waals surface area contributed by atoms with Crippen molar-refractivity contribution in [2.45, 2.75) is 49.8 Å². The van der Waals surface area contributed by atoms with Gasteiger partial charge in [-0.1, -0.05) is 0 Å². The SMILES string of the molecule is O=CN1CCC2(CC1)CC(NC1CC1)CO2. The molecule has 1 aliphatic carbocycles. The van der Waals surface area contributed by atoms with Crippen LogP contribution in [0.4, 0.5) is 0 Å². The molecule has 3 aliphatic rings. The van der Waals surface area contributed by atoms with Gasteiger partial charge < -0.3 is 15.0 Å². The molecule has 3 rings (SSSR count). The largest absolute Gasteiger partial charge is 0.373 e. The third-order valence-corrected chi connectivity index (χ3v) is 4.12. The molecule has 4 nitrogen and oxygen atoms in total. The second kappa shape index (κ2) is 4.00. The molecule has 0 aromatic rings. The molecule has 3 fully saturated rings. The molecule has 1 amide bonds. The van der Waals surface area contributed by atoms with E-state index in [2.05, 4.69) is 5.32 Å². The number of piperidine rings is 1. The number of rotatable bonds is 3. The Labute approximate surface area is 96.3 Å². The lowest BCUT2D eigenvalue weighted by Gasteiger charge is -2.37. The van der Waals surface area contributed by atoms with Gasteiger partial charge in [-0.05, 0) is 32.1 Å². The first-order valence-electron chi connectivity index (χ1n) is 6.39. The molecule has 1 atom stereocenters. The summed E-state index contributed by atoms with van der Waals surface area (Å²) in [6.07, 6.45) is 6.78. The van der Waals surface area contributed by atoms with Crippen LogP contribution in [-0.2, 0) is 9.53 Å². The van der Waals surface area contributed by atoms with Crippen molar-refractivity contribution in [3.63, 3.8) is 0 Å². The van der Waals surface area contributed by atoms with E-state index in [4.69, 9.17) is 4.74 Å². The van der Waals surface area contributed by atoms with Gasteiger partial charge in [0, 0.05) is 25.2 Å². The summed E-state index contributed by atoms with van der Waals surface area (Å²) < 4.78 is 6.01. The van der Waals surface area contributed by atoms with E-state index >= 15 is 0 Å². The van der Waals surface area contributed by atoms with E-state index in [-0.39, 0.29) is 5.60 Å². The van der Waals surface area contributed by atoms with Gasteiger partial charge in [-0.2, -0.15) is 0 Å². The summed E-state index contributed by atoms with van der Waals surface area (Å²) in [7, 11) is 0. The number of nitrogens with zero attached hydrogens (tertiary/aromatic N) is 1. The van der Waals surface area contributed by atoms with Crippen molar-refractivity contribution >= 4 is 6.41 Å². The summed E-state index contributed by atoms with van der Waals surface area (Å²) in [5.74, 6) is 0. The van der Waals surface area contributed by atoms with Crippen molar-refractivity contribution in [3.8, 4) is 0 Å². The molecule has 4 heteroatoms. The van der Waals surface area contributed by atoms with Crippen LogP contribution in [0.15, 0.2) is 0 Å². The van der Waals surface area contributed by atoms with Crippen LogP contribution in [-0.4, -0.2) is 48.7 Å². The number of likely N-dealkylation sites (tertiary alicyclic amines) is 1. The highest BCUT2D eigenvalue weighted by molar-refractivity contribution is 5.47. The molecule has 0 aromatic carbocycles. The number of carbonyl (C=O) groups excluding carboxylic acids is 1. The molecule has 1 spiro atoms. The van der Waals surface area contributed by atoms with Crippen molar-refractivity contribution in [3.05, 3.63) is 0 Å². The number of hydrogen-bond acceptors (Lipinski definition) is 3. The zero-order chi connectivity index (χ0) is 11.0. The molecule has 0 bridgehead atoms. The lowest BCUT2D eigenvalue weighted by atomic mass is 9.87. The number of ether oxygens (including phenoxy) is 1. The average Bonchev–Trinajstić information content (AvgIpc) is 3.03. The van der Waals surface area contributed by atoms with E-state index in [1.807, 2.05) is 4.90 Å². The van der Waals surface area contributed by atoms with E-state index < -0.39 is 0 Å². The standard InChI is InChI=1S/C12H20N2O2/c15-9-14-5-3-12(4-6-14)7-11(8-16-12)13-10-1-2-10/h9-11,13H,1-8H2. The zero-order valence-electron chi connectivity index (χ0n) is 9.65. The van der Waals surface area contributed by atoms with Crippen LogP contribution in [0, 0.1) is 0 Å². The Hall–Kier alpha value is -0.610. The first-order chi connectivity index (χ1) is 7.80. The Balaban J connectivity index is 1.53. The molecule has 0 aromatic heterocycles. The van der Waals surface area contributed by atoms with Crippen LogP contribution in [0.5, 0.6) is 0 Å². The fourth-order valence-electron chi connectivity index (χ4n) is 2.92. The number of nitrogens with one attached hydrogen (secondary N) is 1. The van der Waals surface area contributed by atoms with E-state index in [0.717, 1.165) is 51.4 Å². The third kappa shape index (κ3) is 2.09.